The van der Waals surface area contributed by atoms with Crippen LogP contribution in [-0.2, 0) is 4.79 Å². The van der Waals surface area contributed by atoms with E-state index >= 15 is 0 Å². The summed E-state index contributed by atoms with van der Waals surface area (Å²) >= 11 is 0. The number of likely N-dealkylation sites (tertiary alicyclic amines) is 1. The second-order valence-electron chi connectivity index (χ2n) is 5.19. The highest BCUT2D eigenvalue weighted by Crippen LogP contribution is 2.20. The molecule has 1 aromatic rings. The molecule has 1 fully saturated rings. The Morgan fingerprint density at radius 2 is 2.21 bits per heavy atom. The second-order valence-corrected chi connectivity index (χ2v) is 5.19. The maximum atomic E-state index is 12.3. The molecule has 5 nitrogen and oxygen atoms in total. The van der Waals surface area contributed by atoms with E-state index in [1.165, 1.54) is 12.5 Å². The monoisotopic (exact) mass is 264 g/mol. The highest BCUT2D eigenvalue weighted by Gasteiger charge is 2.33. The number of amides is 2. The zero-order valence-electron chi connectivity index (χ0n) is 11.4. The third-order valence-corrected chi connectivity index (χ3v) is 3.27. The first-order valence-corrected chi connectivity index (χ1v) is 6.73. The number of nitrogens with one attached hydrogen (secondary N) is 1. The van der Waals surface area contributed by atoms with Crippen molar-refractivity contribution in [1.82, 2.24) is 10.2 Å². The molecule has 0 aliphatic carbocycles. The van der Waals surface area contributed by atoms with Gasteiger partial charge >= 0.3 is 0 Å². The first-order valence-electron chi connectivity index (χ1n) is 6.73. The van der Waals surface area contributed by atoms with Crippen molar-refractivity contribution in [2.24, 2.45) is 0 Å². The molecule has 0 aromatic carbocycles. The minimum absolute atomic E-state index is 0.0634. The van der Waals surface area contributed by atoms with Crippen LogP contribution in [0.2, 0.25) is 0 Å². The summed E-state index contributed by atoms with van der Waals surface area (Å²) in [5.41, 5.74) is 0.504. The number of rotatable bonds is 3. The molecule has 0 bridgehead atoms. The molecule has 1 N–H and O–H groups in total. The molecule has 1 aromatic heterocycles. The molecular weight excluding hydrogens is 244 g/mol. The Kier molecular flexibility index (Phi) is 4.24. The van der Waals surface area contributed by atoms with Gasteiger partial charge < -0.3 is 14.6 Å². The SMILES string of the molecule is CC(C)NC(=O)[C@H]1CCCCN1C(=O)c1ccoc1. The summed E-state index contributed by atoms with van der Waals surface area (Å²) in [6, 6.07) is 1.35. The molecule has 1 aliphatic rings. The van der Waals surface area contributed by atoms with Crippen molar-refractivity contribution in [3.63, 3.8) is 0 Å². The van der Waals surface area contributed by atoms with Crippen molar-refractivity contribution < 1.29 is 14.0 Å². The number of furan rings is 1. The number of piperidine rings is 1. The number of hydrogen-bond donors (Lipinski definition) is 1. The predicted octanol–water partition coefficient (Wildman–Crippen LogP) is 1.80. The zero-order chi connectivity index (χ0) is 13.8. The first kappa shape index (κ1) is 13.6. The topological polar surface area (TPSA) is 62.6 Å². The molecule has 2 rings (SSSR count). The average molecular weight is 264 g/mol. The molecule has 2 amide bonds. The van der Waals surface area contributed by atoms with E-state index < -0.39 is 0 Å². The van der Waals surface area contributed by atoms with Gasteiger partial charge in [-0.15, -0.1) is 0 Å². The van der Waals surface area contributed by atoms with Gasteiger partial charge in [0.25, 0.3) is 5.91 Å². The Hall–Kier alpha value is -1.78. The fourth-order valence-electron chi connectivity index (χ4n) is 2.38. The second kappa shape index (κ2) is 5.91. The van der Waals surface area contributed by atoms with Gasteiger partial charge in [0.2, 0.25) is 5.91 Å². The number of carbonyl (C=O) groups is 2. The number of carbonyl (C=O) groups excluding carboxylic acids is 2. The third kappa shape index (κ3) is 3.16. The molecule has 0 spiro atoms. The van der Waals surface area contributed by atoms with Crippen molar-refractivity contribution in [1.29, 1.82) is 0 Å². The van der Waals surface area contributed by atoms with Crippen LogP contribution in [0.3, 0.4) is 0 Å². The molecule has 1 saturated heterocycles. The van der Waals surface area contributed by atoms with Crippen LogP contribution in [0.25, 0.3) is 0 Å². The van der Waals surface area contributed by atoms with Crippen LogP contribution in [0.15, 0.2) is 23.0 Å². The van der Waals surface area contributed by atoms with Gasteiger partial charge in [-0.05, 0) is 39.2 Å². The summed E-state index contributed by atoms with van der Waals surface area (Å²) in [4.78, 5) is 26.2. The molecule has 104 valence electrons. The van der Waals surface area contributed by atoms with E-state index in [4.69, 9.17) is 4.42 Å². The highest BCUT2D eigenvalue weighted by molar-refractivity contribution is 5.97. The van der Waals surface area contributed by atoms with Gasteiger partial charge in [-0.3, -0.25) is 9.59 Å². The lowest BCUT2D eigenvalue weighted by atomic mass is 10.00. The summed E-state index contributed by atoms with van der Waals surface area (Å²) < 4.78 is 4.94. The summed E-state index contributed by atoms with van der Waals surface area (Å²) in [7, 11) is 0. The molecule has 5 heteroatoms. The Balaban J connectivity index is 2.12. The Bertz CT molecular complexity index is 440. The van der Waals surface area contributed by atoms with E-state index in [1.54, 1.807) is 11.0 Å². The van der Waals surface area contributed by atoms with Crippen LogP contribution in [0.4, 0.5) is 0 Å². The summed E-state index contributed by atoms with van der Waals surface area (Å²) in [5, 5.41) is 2.89. The van der Waals surface area contributed by atoms with Crippen molar-refractivity contribution in [2.75, 3.05) is 6.54 Å². The van der Waals surface area contributed by atoms with Crippen molar-refractivity contribution >= 4 is 11.8 Å². The minimum atomic E-state index is -0.362. The first-order chi connectivity index (χ1) is 9.09. The number of hydrogen-bond acceptors (Lipinski definition) is 3. The molecule has 19 heavy (non-hydrogen) atoms. The molecule has 0 unspecified atom stereocenters. The Morgan fingerprint density at radius 1 is 1.42 bits per heavy atom. The molecule has 0 saturated carbocycles. The smallest absolute Gasteiger partial charge is 0.257 e. The van der Waals surface area contributed by atoms with Crippen LogP contribution < -0.4 is 5.32 Å². The quantitative estimate of drug-likeness (QED) is 0.905. The molecule has 1 atom stereocenters. The summed E-state index contributed by atoms with van der Waals surface area (Å²) in [6.45, 7) is 4.46. The zero-order valence-corrected chi connectivity index (χ0v) is 11.4. The van der Waals surface area contributed by atoms with E-state index in [0.29, 0.717) is 12.1 Å². The lowest BCUT2D eigenvalue weighted by molar-refractivity contribution is -0.127. The van der Waals surface area contributed by atoms with Crippen LogP contribution >= 0.6 is 0 Å². The number of nitrogens with zero attached hydrogens (tertiary/aromatic N) is 1. The Labute approximate surface area is 113 Å². The average Bonchev–Trinajstić information content (AvgIpc) is 2.91. The summed E-state index contributed by atoms with van der Waals surface area (Å²) in [6.07, 6.45) is 5.54. The largest absolute Gasteiger partial charge is 0.472 e. The van der Waals surface area contributed by atoms with E-state index in [2.05, 4.69) is 5.32 Å². The molecular formula is C14H20N2O3. The normalized spacial score (nSPS) is 19.5. The van der Waals surface area contributed by atoms with Crippen molar-refractivity contribution in [3.05, 3.63) is 24.2 Å². The van der Waals surface area contributed by atoms with E-state index in [9.17, 15) is 9.59 Å². The van der Waals surface area contributed by atoms with Crippen LogP contribution in [-0.4, -0.2) is 35.3 Å². The van der Waals surface area contributed by atoms with Crippen LogP contribution in [0, 0.1) is 0 Å². The Morgan fingerprint density at radius 3 is 2.84 bits per heavy atom. The fraction of sp³-hybridized carbons (Fsp3) is 0.571. The van der Waals surface area contributed by atoms with E-state index in [-0.39, 0.29) is 23.9 Å². The van der Waals surface area contributed by atoms with Gasteiger partial charge in [0.15, 0.2) is 0 Å². The maximum absolute atomic E-state index is 12.3. The van der Waals surface area contributed by atoms with Gasteiger partial charge in [0.1, 0.15) is 12.3 Å². The van der Waals surface area contributed by atoms with Gasteiger partial charge in [-0.1, -0.05) is 0 Å². The lowest BCUT2D eigenvalue weighted by Gasteiger charge is -2.34. The van der Waals surface area contributed by atoms with E-state index in [1.807, 2.05) is 13.8 Å². The van der Waals surface area contributed by atoms with Crippen LogP contribution in [0.5, 0.6) is 0 Å². The van der Waals surface area contributed by atoms with Gasteiger partial charge in [-0.2, -0.15) is 0 Å². The minimum Gasteiger partial charge on any atom is -0.472 e. The van der Waals surface area contributed by atoms with E-state index in [0.717, 1.165) is 19.3 Å². The summed E-state index contributed by atoms with van der Waals surface area (Å²) in [5.74, 6) is -0.191. The van der Waals surface area contributed by atoms with Crippen LogP contribution in [0.1, 0.15) is 43.5 Å². The van der Waals surface area contributed by atoms with Gasteiger partial charge in [-0.25, -0.2) is 0 Å². The third-order valence-electron chi connectivity index (χ3n) is 3.27. The van der Waals surface area contributed by atoms with Gasteiger partial charge in [0, 0.05) is 12.6 Å². The predicted molar refractivity (Wildman–Crippen MR) is 70.7 cm³/mol. The van der Waals surface area contributed by atoms with Gasteiger partial charge in [0.05, 0.1) is 11.8 Å². The fourth-order valence-corrected chi connectivity index (χ4v) is 2.38. The van der Waals surface area contributed by atoms with Crippen molar-refractivity contribution in [2.45, 2.75) is 45.2 Å². The maximum Gasteiger partial charge on any atom is 0.257 e. The molecule has 2 heterocycles. The molecule has 0 radical (unpaired) electrons. The van der Waals surface area contributed by atoms with Crippen molar-refractivity contribution in [3.8, 4) is 0 Å². The highest BCUT2D eigenvalue weighted by atomic mass is 16.3. The molecule has 1 aliphatic heterocycles. The standard InChI is InChI=1S/C14H20N2O3/c1-10(2)15-13(17)12-5-3-4-7-16(12)14(18)11-6-8-19-9-11/h6,8-10,12H,3-5,7H2,1-2H3,(H,15,17)/t12-/m1/s1. The lowest BCUT2D eigenvalue weighted by Crippen LogP contribution is -2.53.